The average molecular weight is 180 g/mol. The van der Waals surface area contributed by atoms with E-state index in [0.717, 1.165) is 6.54 Å². The molecular formula is C11H20N2. The lowest BCUT2D eigenvalue weighted by Gasteiger charge is -2.24. The van der Waals surface area contributed by atoms with E-state index in [-0.39, 0.29) is 5.54 Å². The van der Waals surface area contributed by atoms with Crippen LogP contribution in [0.5, 0.6) is 0 Å². The molecule has 0 aromatic heterocycles. The third kappa shape index (κ3) is 2.72. The molecule has 1 saturated heterocycles. The maximum absolute atomic E-state index is 5.43. The van der Waals surface area contributed by atoms with E-state index in [1.807, 2.05) is 0 Å². The van der Waals surface area contributed by atoms with E-state index >= 15 is 0 Å². The van der Waals surface area contributed by atoms with Gasteiger partial charge in [0.05, 0.1) is 5.54 Å². The highest BCUT2D eigenvalue weighted by Gasteiger charge is 2.29. The molecule has 13 heavy (non-hydrogen) atoms. The summed E-state index contributed by atoms with van der Waals surface area (Å²) in [4.78, 5) is 2.37. The molecule has 1 aliphatic heterocycles. The molecule has 0 amide bonds. The van der Waals surface area contributed by atoms with E-state index in [2.05, 4.69) is 44.0 Å². The predicted octanol–water partition coefficient (Wildman–Crippen LogP) is 1.08. The van der Waals surface area contributed by atoms with E-state index in [4.69, 9.17) is 6.42 Å². The maximum atomic E-state index is 5.43. The van der Waals surface area contributed by atoms with Crippen LogP contribution in [0.4, 0.5) is 0 Å². The molecule has 1 rings (SSSR count). The zero-order chi connectivity index (χ0) is 10.1. The fraction of sp³-hybridized carbons (Fsp3) is 0.818. The highest BCUT2D eigenvalue weighted by atomic mass is 15.2. The molecule has 1 N–H and O–H groups in total. The number of hydrogen-bond donors (Lipinski definition) is 1. The zero-order valence-corrected chi connectivity index (χ0v) is 9.09. The first-order valence-corrected chi connectivity index (χ1v) is 4.90. The molecule has 0 bridgehead atoms. The third-order valence-corrected chi connectivity index (χ3v) is 2.81. The second-order valence-corrected chi connectivity index (χ2v) is 4.63. The van der Waals surface area contributed by atoms with Crippen molar-refractivity contribution in [2.75, 3.05) is 13.6 Å². The van der Waals surface area contributed by atoms with Crippen LogP contribution in [0.2, 0.25) is 0 Å². The van der Waals surface area contributed by atoms with Gasteiger partial charge >= 0.3 is 0 Å². The summed E-state index contributed by atoms with van der Waals surface area (Å²) >= 11 is 0. The molecule has 2 atom stereocenters. The quantitative estimate of drug-likeness (QED) is 0.640. The number of rotatable bonds is 2. The van der Waals surface area contributed by atoms with Crippen molar-refractivity contribution in [1.82, 2.24) is 10.2 Å². The minimum Gasteiger partial charge on any atom is -0.302 e. The van der Waals surface area contributed by atoms with Crippen molar-refractivity contribution in [3.05, 3.63) is 0 Å². The molecule has 0 aliphatic carbocycles. The van der Waals surface area contributed by atoms with Crippen LogP contribution >= 0.6 is 0 Å². The van der Waals surface area contributed by atoms with E-state index in [1.54, 1.807) is 0 Å². The predicted molar refractivity (Wildman–Crippen MR) is 56.5 cm³/mol. The van der Waals surface area contributed by atoms with Crippen LogP contribution in [0.25, 0.3) is 0 Å². The minimum atomic E-state index is -0.171. The van der Waals surface area contributed by atoms with E-state index in [9.17, 15) is 0 Å². The molecule has 0 saturated carbocycles. The first-order chi connectivity index (χ1) is 5.94. The first kappa shape index (κ1) is 10.6. The molecule has 2 nitrogen and oxygen atoms in total. The van der Waals surface area contributed by atoms with Crippen molar-refractivity contribution in [2.24, 2.45) is 0 Å². The van der Waals surface area contributed by atoms with Gasteiger partial charge in [0, 0.05) is 18.6 Å². The number of nitrogens with one attached hydrogen (secondary N) is 1. The summed E-state index contributed by atoms with van der Waals surface area (Å²) in [6, 6.07) is 1.22. The first-order valence-electron chi connectivity index (χ1n) is 4.90. The third-order valence-electron chi connectivity index (χ3n) is 2.81. The lowest BCUT2D eigenvalue weighted by atomic mass is 10.0. The van der Waals surface area contributed by atoms with E-state index < -0.39 is 0 Å². The Hall–Kier alpha value is -0.520. The van der Waals surface area contributed by atoms with Gasteiger partial charge in [-0.2, -0.15) is 0 Å². The molecule has 2 heteroatoms. The lowest BCUT2D eigenvalue weighted by Crippen LogP contribution is -2.45. The SMILES string of the molecule is C#CC(C)(C)NC1CC(C)N(C)C1. The fourth-order valence-electron chi connectivity index (χ4n) is 1.85. The van der Waals surface area contributed by atoms with Gasteiger partial charge in [-0.3, -0.25) is 5.32 Å². The molecule has 1 fully saturated rings. The van der Waals surface area contributed by atoms with Crippen LogP contribution in [0, 0.1) is 12.3 Å². The Labute approximate surface area is 81.7 Å². The van der Waals surface area contributed by atoms with Crippen LogP contribution in [0.3, 0.4) is 0 Å². The fourth-order valence-corrected chi connectivity index (χ4v) is 1.85. The van der Waals surface area contributed by atoms with Crippen molar-refractivity contribution in [2.45, 2.75) is 44.8 Å². The Morgan fingerprint density at radius 2 is 2.15 bits per heavy atom. The summed E-state index contributed by atoms with van der Waals surface area (Å²) in [6.07, 6.45) is 6.62. The van der Waals surface area contributed by atoms with E-state index in [0.29, 0.717) is 12.1 Å². The van der Waals surface area contributed by atoms with Crippen molar-refractivity contribution in [1.29, 1.82) is 0 Å². The zero-order valence-electron chi connectivity index (χ0n) is 9.09. The maximum Gasteiger partial charge on any atom is 0.0743 e. The summed E-state index contributed by atoms with van der Waals surface area (Å²) in [5, 5.41) is 3.49. The van der Waals surface area contributed by atoms with Gasteiger partial charge in [-0.1, -0.05) is 5.92 Å². The summed E-state index contributed by atoms with van der Waals surface area (Å²) in [5.41, 5.74) is -0.171. The normalized spacial score (nSPS) is 30.4. The second-order valence-electron chi connectivity index (χ2n) is 4.63. The van der Waals surface area contributed by atoms with Gasteiger partial charge in [0.25, 0.3) is 0 Å². The van der Waals surface area contributed by atoms with Crippen molar-refractivity contribution in [3.63, 3.8) is 0 Å². The van der Waals surface area contributed by atoms with Crippen molar-refractivity contribution in [3.8, 4) is 12.3 Å². The Balaban J connectivity index is 2.45. The van der Waals surface area contributed by atoms with Crippen LogP contribution < -0.4 is 5.32 Å². The Morgan fingerprint density at radius 1 is 1.54 bits per heavy atom. The van der Waals surface area contributed by atoms with Gasteiger partial charge in [-0.15, -0.1) is 6.42 Å². The largest absolute Gasteiger partial charge is 0.302 e. The molecule has 2 unspecified atom stereocenters. The number of nitrogens with zero attached hydrogens (tertiary/aromatic N) is 1. The Bertz CT molecular complexity index is 205. The average Bonchev–Trinajstić information content (AvgIpc) is 2.30. The highest BCUT2D eigenvalue weighted by molar-refractivity contribution is 5.09. The van der Waals surface area contributed by atoms with Gasteiger partial charge in [0.1, 0.15) is 0 Å². The summed E-state index contributed by atoms with van der Waals surface area (Å²) < 4.78 is 0. The molecule has 74 valence electrons. The van der Waals surface area contributed by atoms with Gasteiger partial charge < -0.3 is 4.90 Å². The van der Waals surface area contributed by atoms with Crippen LogP contribution in [-0.4, -0.2) is 36.1 Å². The van der Waals surface area contributed by atoms with Crippen molar-refractivity contribution < 1.29 is 0 Å². The topological polar surface area (TPSA) is 15.3 Å². The van der Waals surface area contributed by atoms with Crippen molar-refractivity contribution >= 4 is 0 Å². The van der Waals surface area contributed by atoms with Gasteiger partial charge in [-0.05, 0) is 34.2 Å². The summed E-state index contributed by atoms with van der Waals surface area (Å²) in [6.45, 7) is 7.46. The summed E-state index contributed by atoms with van der Waals surface area (Å²) in [5.74, 6) is 2.77. The number of terminal acetylenes is 1. The number of likely N-dealkylation sites (N-methyl/N-ethyl adjacent to an activating group) is 1. The van der Waals surface area contributed by atoms with Gasteiger partial charge in [-0.25, -0.2) is 0 Å². The minimum absolute atomic E-state index is 0.171. The molecule has 1 heterocycles. The highest BCUT2D eigenvalue weighted by Crippen LogP contribution is 2.17. The van der Waals surface area contributed by atoms with Crippen LogP contribution in [0.15, 0.2) is 0 Å². The van der Waals surface area contributed by atoms with Crippen LogP contribution in [-0.2, 0) is 0 Å². The Kier molecular flexibility index (Phi) is 3.00. The molecule has 0 spiro atoms. The molecule has 0 aromatic carbocycles. The monoisotopic (exact) mass is 180 g/mol. The molecular weight excluding hydrogens is 160 g/mol. The Morgan fingerprint density at radius 3 is 2.54 bits per heavy atom. The summed E-state index contributed by atoms with van der Waals surface area (Å²) in [7, 11) is 2.16. The lowest BCUT2D eigenvalue weighted by molar-refractivity contribution is 0.322. The second kappa shape index (κ2) is 3.69. The standard InChI is InChI=1S/C11H20N2/c1-6-11(3,4)12-10-7-9(2)13(5)8-10/h1,9-10,12H,7-8H2,2-5H3. The van der Waals surface area contributed by atoms with Gasteiger partial charge in [0.2, 0.25) is 0 Å². The van der Waals surface area contributed by atoms with E-state index in [1.165, 1.54) is 6.42 Å². The smallest absolute Gasteiger partial charge is 0.0743 e. The van der Waals surface area contributed by atoms with Gasteiger partial charge in [0.15, 0.2) is 0 Å². The molecule has 0 aromatic rings. The number of hydrogen-bond acceptors (Lipinski definition) is 2. The molecule has 1 aliphatic rings. The molecule has 0 radical (unpaired) electrons. The number of likely N-dealkylation sites (tertiary alicyclic amines) is 1. The van der Waals surface area contributed by atoms with Crippen LogP contribution in [0.1, 0.15) is 27.2 Å².